The summed E-state index contributed by atoms with van der Waals surface area (Å²) in [5.41, 5.74) is 3.31. The van der Waals surface area contributed by atoms with Crippen molar-refractivity contribution in [3.63, 3.8) is 0 Å². The Kier molecular flexibility index (Phi) is 4.76. The van der Waals surface area contributed by atoms with E-state index in [4.69, 9.17) is 0 Å². The zero-order valence-corrected chi connectivity index (χ0v) is 14.5. The number of hydrogen-bond acceptors (Lipinski definition) is 4. The van der Waals surface area contributed by atoms with Gasteiger partial charge in [-0.15, -0.1) is 0 Å². The highest BCUT2D eigenvalue weighted by Gasteiger charge is 2.08. The predicted molar refractivity (Wildman–Crippen MR) is 102 cm³/mol. The number of halogens is 1. The van der Waals surface area contributed by atoms with Crippen LogP contribution in [0.3, 0.4) is 0 Å². The second-order valence-corrected chi connectivity index (χ2v) is 6.23. The monoisotopic (exact) mass is 363 g/mol. The van der Waals surface area contributed by atoms with Crippen LogP contribution in [0.2, 0.25) is 0 Å². The molecule has 0 fully saturated rings. The van der Waals surface area contributed by atoms with Gasteiger partial charge in [0.2, 0.25) is 0 Å². The van der Waals surface area contributed by atoms with Gasteiger partial charge in [0.1, 0.15) is 11.6 Å². The minimum atomic E-state index is -0.269. The third-order valence-electron chi connectivity index (χ3n) is 4.37. The summed E-state index contributed by atoms with van der Waals surface area (Å²) in [5.74, 6) is 0.381. The van der Waals surface area contributed by atoms with E-state index in [0.29, 0.717) is 36.2 Å². The van der Waals surface area contributed by atoms with Crippen molar-refractivity contribution in [3.05, 3.63) is 82.3 Å². The molecule has 0 aliphatic heterocycles. The average Bonchev–Trinajstić information content (AvgIpc) is 3.14. The fourth-order valence-corrected chi connectivity index (χ4v) is 2.99. The van der Waals surface area contributed by atoms with Crippen LogP contribution in [-0.4, -0.2) is 26.7 Å². The van der Waals surface area contributed by atoms with Crippen molar-refractivity contribution in [2.75, 3.05) is 6.54 Å². The van der Waals surface area contributed by atoms with Crippen molar-refractivity contribution in [1.29, 1.82) is 0 Å². The Morgan fingerprint density at radius 3 is 2.74 bits per heavy atom. The predicted octanol–water partition coefficient (Wildman–Crippen LogP) is 2.78. The SMILES string of the molecule is O=c1[nH]c(CCNCc2cn[nH]c2-c2ccc(F)cc2)nc2ccccc12. The van der Waals surface area contributed by atoms with Crippen molar-refractivity contribution in [1.82, 2.24) is 25.5 Å². The Balaban J connectivity index is 1.39. The highest BCUT2D eigenvalue weighted by molar-refractivity contribution is 5.77. The zero-order chi connectivity index (χ0) is 18.6. The molecule has 0 aliphatic carbocycles. The van der Waals surface area contributed by atoms with Gasteiger partial charge in [-0.1, -0.05) is 12.1 Å². The Morgan fingerprint density at radius 2 is 1.89 bits per heavy atom. The molecule has 0 atom stereocenters. The quantitative estimate of drug-likeness (QED) is 0.460. The molecule has 3 N–H and O–H groups in total. The van der Waals surface area contributed by atoms with E-state index < -0.39 is 0 Å². The van der Waals surface area contributed by atoms with Crippen molar-refractivity contribution >= 4 is 10.9 Å². The molecular weight excluding hydrogens is 345 g/mol. The van der Waals surface area contributed by atoms with E-state index in [-0.39, 0.29) is 11.4 Å². The summed E-state index contributed by atoms with van der Waals surface area (Å²) in [4.78, 5) is 19.4. The van der Waals surface area contributed by atoms with Crippen LogP contribution >= 0.6 is 0 Å². The van der Waals surface area contributed by atoms with Crippen LogP contribution in [0.5, 0.6) is 0 Å². The molecular formula is C20H18FN5O. The first-order valence-corrected chi connectivity index (χ1v) is 8.67. The number of aromatic amines is 2. The van der Waals surface area contributed by atoms with Crippen LogP contribution in [0, 0.1) is 5.82 Å². The Hall–Kier alpha value is -3.32. The smallest absolute Gasteiger partial charge is 0.258 e. The van der Waals surface area contributed by atoms with Gasteiger partial charge in [0.15, 0.2) is 0 Å². The van der Waals surface area contributed by atoms with Crippen LogP contribution in [0.1, 0.15) is 11.4 Å². The van der Waals surface area contributed by atoms with E-state index >= 15 is 0 Å². The molecule has 7 heteroatoms. The van der Waals surface area contributed by atoms with E-state index in [1.165, 1.54) is 12.1 Å². The molecule has 0 spiro atoms. The van der Waals surface area contributed by atoms with Gasteiger partial charge >= 0.3 is 0 Å². The number of hydrogen-bond donors (Lipinski definition) is 3. The highest BCUT2D eigenvalue weighted by Crippen LogP contribution is 2.21. The highest BCUT2D eigenvalue weighted by atomic mass is 19.1. The van der Waals surface area contributed by atoms with Gasteiger partial charge in [-0.25, -0.2) is 9.37 Å². The van der Waals surface area contributed by atoms with Gasteiger partial charge in [-0.05, 0) is 36.4 Å². The maximum absolute atomic E-state index is 13.1. The summed E-state index contributed by atoms with van der Waals surface area (Å²) >= 11 is 0. The first kappa shape index (κ1) is 17.1. The summed E-state index contributed by atoms with van der Waals surface area (Å²) in [6.07, 6.45) is 2.35. The fourth-order valence-electron chi connectivity index (χ4n) is 2.99. The van der Waals surface area contributed by atoms with Crippen molar-refractivity contribution in [2.24, 2.45) is 0 Å². The molecule has 0 unspecified atom stereocenters. The first-order valence-electron chi connectivity index (χ1n) is 8.67. The number of para-hydroxylation sites is 1. The second kappa shape index (κ2) is 7.51. The Labute approximate surface area is 154 Å². The number of aromatic nitrogens is 4. The van der Waals surface area contributed by atoms with Gasteiger partial charge in [-0.3, -0.25) is 9.89 Å². The van der Waals surface area contributed by atoms with Gasteiger partial charge in [0.25, 0.3) is 5.56 Å². The molecule has 0 aliphatic rings. The number of H-pyrrole nitrogens is 2. The van der Waals surface area contributed by atoms with Crippen LogP contribution in [-0.2, 0) is 13.0 Å². The lowest BCUT2D eigenvalue weighted by Crippen LogP contribution is -2.20. The van der Waals surface area contributed by atoms with Gasteiger partial charge in [0, 0.05) is 30.6 Å². The van der Waals surface area contributed by atoms with E-state index in [2.05, 4.69) is 25.5 Å². The standard InChI is InChI=1S/C20H18FN5O/c21-15-7-5-13(6-8-15)19-14(12-23-26-19)11-22-10-9-18-24-17-4-2-1-3-16(17)20(27)25-18/h1-8,12,22H,9-11H2,(H,23,26)(H,24,25,27). The number of rotatable bonds is 6. The minimum Gasteiger partial charge on any atom is -0.312 e. The average molecular weight is 363 g/mol. The molecule has 4 rings (SSSR count). The molecule has 0 amide bonds. The molecule has 27 heavy (non-hydrogen) atoms. The maximum atomic E-state index is 13.1. The van der Waals surface area contributed by atoms with Crippen LogP contribution < -0.4 is 10.9 Å². The van der Waals surface area contributed by atoms with Crippen LogP contribution in [0.4, 0.5) is 4.39 Å². The third kappa shape index (κ3) is 3.78. The Morgan fingerprint density at radius 1 is 1.07 bits per heavy atom. The summed E-state index contributed by atoms with van der Waals surface area (Å²) in [7, 11) is 0. The first-order chi connectivity index (χ1) is 13.2. The summed E-state index contributed by atoms with van der Waals surface area (Å²) in [5, 5.41) is 11.0. The molecule has 6 nitrogen and oxygen atoms in total. The molecule has 4 aromatic rings. The van der Waals surface area contributed by atoms with E-state index in [0.717, 1.165) is 16.8 Å². The molecule has 0 saturated carbocycles. The lowest BCUT2D eigenvalue weighted by Gasteiger charge is -2.06. The zero-order valence-electron chi connectivity index (χ0n) is 14.5. The topological polar surface area (TPSA) is 86.5 Å². The van der Waals surface area contributed by atoms with E-state index in [1.807, 2.05) is 18.2 Å². The lowest BCUT2D eigenvalue weighted by atomic mass is 10.1. The Bertz CT molecular complexity index is 1120. The summed E-state index contributed by atoms with van der Waals surface area (Å²) in [6, 6.07) is 13.6. The molecule has 0 radical (unpaired) electrons. The van der Waals surface area contributed by atoms with E-state index in [1.54, 1.807) is 24.4 Å². The molecule has 2 aromatic heterocycles. The largest absolute Gasteiger partial charge is 0.312 e. The van der Waals surface area contributed by atoms with Crippen molar-refractivity contribution < 1.29 is 4.39 Å². The van der Waals surface area contributed by atoms with Gasteiger partial charge in [-0.2, -0.15) is 5.10 Å². The minimum absolute atomic E-state index is 0.121. The number of nitrogens with zero attached hydrogens (tertiary/aromatic N) is 2. The molecule has 0 saturated heterocycles. The lowest BCUT2D eigenvalue weighted by molar-refractivity contribution is 0.628. The van der Waals surface area contributed by atoms with E-state index in [9.17, 15) is 9.18 Å². The second-order valence-electron chi connectivity index (χ2n) is 6.23. The molecule has 136 valence electrons. The summed E-state index contributed by atoms with van der Waals surface area (Å²) in [6.45, 7) is 1.25. The normalized spacial score (nSPS) is 11.1. The van der Waals surface area contributed by atoms with Crippen molar-refractivity contribution in [2.45, 2.75) is 13.0 Å². The van der Waals surface area contributed by atoms with Crippen LogP contribution in [0.15, 0.2) is 59.5 Å². The third-order valence-corrected chi connectivity index (χ3v) is 4.37. The fraction of sp³-hybridized carbons (Fsp3) is 0.150. The van der Waals surface area contributed by atoms with Crippen molar-refractivity contribution in [3.8, 4) is 11.3 Å². The van der Waals surface area contributed by atoms with Gasteiger partial charge < -0.3 is 10.3 Å². The number of benzene rings is 2. The van der Waals surface area contributed by atoms with Crippen LogP contribution in [0.25, 0.3) is 22.2 Å². The maximum Gasteiger partial charge on any atom is 0.258 e. The molecule has 2 heterocycles. The number of nitrogens with one attached hydrogen (secondary N) is 3. The number of fused-ring (bicyclic) bond motifs is 1. The van der Waals surface area contributed by atoms with Gasteiger partial charge in [0.05, 0.1) is 22.8 Å². The summed E-state index contributed by atoms with van der Waals surface area (Å²) < 4.78 is 13.1. The molecule has 2 aromatic carbocycles. The molecule has 0 bridgehead atoms.